The van der Waals surface area contributed by atoms with Gasteiger partial charge in [-0.3, -0.25) is 4.98 Å². The number of fused-ring (bicyclic) bond motifs is 2. The molecule has 0 bridgehead atoms. The SMILES string of the molecule is CN1CC=C(c2ccc(-c3ccc4nccc(Nc5ccc6scnc6c5)c4c3)c(F)c2)CC1. The smallest absolute Gasteiger partial charge is 0.131 e. The highest BCUT2D eigenvalue weighted by atomic mass is 32.1. The molecule has 1 N–H and O–H groups in total. The normalized spacial score (nSPS) is 14.5. The molecule has 1 aliphatic heterocycles. The number of hydrogen-bond acceptors (Lipinski definition) is 5. The summed E-state index contributed by atoms with van der Waals surface area (Å²) in [4.78, 5) is 11.2. The van der Waals surface area contributed by atoms with Crippen molar-refractivity contribution >= 4 is 49.4 Å². The number of halogens is 1. The van der Waals surface area contributed by atoms with E-state index >= 15 is 4.39 Å². The van der Waals surface area contributed by atoms with Crippen LogP contribution in [-0.4, -0.2) is 35.0 Å². The lowest BCUT2D eigenvalue weighted by molar-refractivity contribution is 0.370. The zero-order valence-electron chi connectivity index (χ0n) is 18.8. The van der Waals surface area contributed by atoms with Gasteiger partial charge in [0.15, 0.2) is 0 Å². The Morgan fingerprint density at radius 3 is 2.71 bits per heavy atom. The highest BCUT2D eigenvalue weighted by Crippen LogP contribution is 2.33. The third-order valence-electron chi connectivity index (χ3n) is 6.41. The number of benzene rings is 3. The molecular weight excluding hydrogens is 443 g/mol. The van der Waals surface area contributed by atoms with E-state index in [1.807, 2.05) is 54.0 Å². The van der Waals surface area contributed by atoms with E-state index in [0.29, 0.717) is 5.56 Å². The number of nitrogens with zero attached hydrogens (tertiary/aromatic N) is 3. The number of thiazole rings is 1. The maximum Gasteiger partial charge on any atom is 0.131 e. The maximum atomic E-state index is 15.3. The summed E-state index contributed by atoms with van der Waals surface area (Å²) in [6, 6.07) is 19.6. The molecule has 1 aliphatic rings. The summed E-state index contributed by atoms with van der Waals surface area (Å²) in [7, 11) is 2.10. The van der Waals surface area contributed by atoms with Crippen LogP contribution in [0.2, 0.25) is 0 Å². The molecule has 4 nitrogen and oxygen atoms in total. The lowest BCUT2D eigenvalue weighted by atomic mass is 9.95. The van der Waals surface area contributed by atoms with Crippen molar-refractivity contribution in [3.05, 3.63) is 89.8 Å². The van der Waals surface area contributed by atoms with Crippen LogP contribution in [0.5, 0.6) is 0 Å². The molecule has 0 radical (unpaired) electrons. The Morgan fingerprint density at radius 1 is 0.941 bits per heavy atom. The Kier molecular flexibility index (Phi) is 5.32. The molecule has 6 heteroatoms. The topological polar surface area (TPSA) is 41.1 Å². The Balaban J connectivity index is 1.35. The van der Waals surface area contributed by atoms with E-state index in [-0.39, 0.29) is 5.82 Å². The van der Waals surface area contributed by atoms with Gasteiger partial charge in [-0.05, 0) is 72.6 Å². The van der Waals surface area contributed by atoms with Crippen LogP contribution in [0.3, 0.4) is 0 Å². The summed E-state index contributed by atoms with van der Waals surface area (Å²) in [6.45, 7) is 1.90. The number of anilines is 2. The van der Waals surface area contributed by atoms with Crippen LogP contribution < -0.4 is 5.32 Å². The van der Waals surface area contributed by atoms with E-state index in [9.17, 15) is 0 Å². The molecule has 0 amide bonds. The van der Waals surface area contributed by atoms with Crippen molar-refractivity contribution in [2.45, 2.75) is 6.42 Å². The van der Waals surface area contributed by atoms with Crippen molar-refractivity contribution < 1.29 is 4.39 Å². The molecule has 0 saturated carbocycles. The van der Waals surface area contributed by atoms with E-state index in [2.05, 4.69) is 39.4 Å². The van der Waals surface area contributed by atoms with Gasteiger partial charge in [-0.2, -0.15) is 0 Å². The molecule has 0 saturated heterocycles. The molecule has 5 aromatic rings. The molecule has 6 rings (SSSR count). The van der Waals surface area contributed by atoms with Gasteiger partial charge in [0.25, 0.3) is 0 Å². The van der Waals surface area contributed by atoms with Crippen molar-refractivity contribution in [3.8, 4) is 11.1 Å². The van der Waals surface area contributed by atoms with Crippen LogP contribution >= 0.6 is 11.3 Å². The Labute approximate surface area is 201 Å². The molecule has 3 heterocycles. The van der Waals surface area contributed by atoms with E-state index < -0.39 is 0 Å². The first-order valence-electron chi connectivity index (χ1n) is 11.3. The fourth-order valence-electron chi connectivity index (χ4n) is 4.50. The average Bonchev–Trinajstić information content (AvgIpc) is 3.32. The third kappa shape index (κ3) is 3.95. The second kappa shape index (κ2) is 8.63. The highest BCUT2D eigenvalue weighted by Gasteiger charge is 2.14. The quantitative estimate of drug-likeness (QED) is 0.306. The van der Waals surface area contributed by atoms with Crippen LogP contribution in [0.4, 0.5) is 15.8 Å². The summed E-state index contributed by atoms with van der Waals surface area (Å²) >= 11 is 1.63. The van der Waals surface area contributed by atoms with Gasteiger partial charge in [0.1, 0.15) is 5.82 Å². The van der Waals surface area contributed by atoms with Gasteiger partial charge >= 0.3 is 0 Å². The Bertz CT molecular complexity index is 1560. The molecule has 0 fully saturated rings. The summed E-state index contributed by atoms with van der Waals surface area (Å²) in [5, 5.41) is 4.44. The van der Waals surface area contributed by atoms with E-state index in [1.54, 1.807) is 23.6 Å². The lowest BCUT2D eigenvalue weighted by Gasteiger charge is -2.22. The molecule has 0 aliphatic carbocycles. The summed E-state index contributed by atoms with van der Waals surface area (Å²) in [5.74, 6) is -0.205. The van der Waals surface area contributed by atoms with Crippen LogP contribution in [0.1, 0.15) is 12.0 Å². The summed E-state index contributed by atoms with van der Waals surface area (Å²) in [5.41, 5.74) is 9.18. The molecule has 168 valence electrons. The van der Waals surface area contributed by atoms with Gasteiger partial charge < -0.3 is 10.2 Å². The highest BCUT2D eigenvalue weighted by molar-refractivity contribution is 7.16. The number of rotatable bonds is 4. The monoisotopic (exact) mass is 466 g/mol. The van der Waals surface area contributed by atoms with Gasteiger partial charge in [0.2, 0.25) is 0 Å². The number of likely N-dealkylation sites (N-methyl/N-ethyl adjacent to an activating group) is 1. The molecule has 34 heavy (non-hydrogen) atoms. The standard InChI is InChI=1S/C28H23FN4S/c1-33-12-9-18(10-13-33)19-2-5-22(24(29)15-19)20-3-6-25-23(14-20)26(8-11-30-25)32-21-4-7-28-27(16-21)31-17-34-28/h2-9,11,14-17H,10,12-13H2,1H3,(H,30,32). The number of pyridine rings is 1. The first-order chi connectivity index (χ1) is 16.6. The largest absolute Gasteiger partial charge is 0.355 e. The van der Waals surface area contributed by atoms with Crippen molar-refractivity contribution in [1.29, 1.82) is 0 Å². The van der Waals surface area contributed by atoms with Crippen LogP contribution in [0.15, 0.2) is 78.4 Å². The van der Waals surface area contributed by atoms with Gasteiger partial charge in [-0.1, -0.05) is 24.3 Å². The molecule has 2 aromatic heterocycles. The second-order valence-corrected chi connectivity index (χ2v) is 9.57. The Morgan fingerprint density at radius 2 is 1.85 bits per heavy atom. The van der Waals surface area contributed by atoms with E-state index in [0.717, 1.165) is 63.1 Å². The van der Waals surface area contributed by atoms with Crippen molar-refractivity contribution in [2.24, 2.45) is 0 Å². The molecule has 3 aromatic carbocycles. The van der Waals surface area contributed by atoms with Gasteiger partial charge in [0, 0.05) is 41.6 Å². The predicted molar refractivity (Wildman–Crippen MR) is 140 cm³/mol. The third-order valence-corrected chi connectivity index (χ3v) is 7.22. The maximum absolute atomic E-state index is 15.3. The predicted octanol–water partition coefficient (Wildman–Crippen LogP) is 7.11. The average molecular weight is 467 g/mol. The van der Waals surface area contributed by atoms with Crippen molar-refractivity contribution in [1.82, 2.24) is 14.9 Å². The summed E-state index contributed by atoms with van der Waals surface area (Å²) in [6.07, 6.45) is 4.93. The van der Waals surface area contributed by atoms with Crippen LogP contribution in [0, 0.1) is 5.82 Å². The molecule has 0 unspecified atom stereocenters. The fraction of sp³-hybridized carbons (Fsp3) is 0.143. The lowest BCUT2D eigenvalue weighted by Crippen LogP contribution is -2.23. The van der Waals surface area contributed by atoms with Gasteiger partial charge in [-0.25, -0.2) is 9.37 Å². The Hall–Kier alpha value is -3.61. The molecule has 0 spiro atoms. The first-order valence-corrected chi connectivity index (χ1v) is 12.2. The zero-order chi connectivity index (χ0) is 23.1. The minimum atomic E-state index is -0.205. The number of hydrogen-bond donors (Lipinski definition) is 1. The van der Waals surface area contributed by atoms with Crippen molar-refractivity contribution in [3.63, 3.8) is 0 Å². The number of nitrogens with one attached hydrogen (secondary N) is 1. The minimum absolute atomic E-state index is 0.205. The van der Waals surface area contributed by atoms with Crippen LogP contribution in [-0.2, 0) is 0 Å². The van der Waals surface area contributed by atoms with Gasteiger partial charge in [-0.15, -0.1) is 11.3 Å². The fourth-order valence-corrected chi connectivity index (χ4v) is 5.15. The molecule has 0 atom stereocenters. The number of aromatic nitrogens is 2. The van der Waals surface area contributed by atoms with Crippen LogP contribution in [0.25, 0.3) is 37.8 Å². The minimum Gasteiger partial charge on any atom is -0.355 e. The van der Waals surface area contributed by atoms with Crippen molar-refractivity contribution in [2.75, 3.05) is 25.5 Å². The first kappa shape index (κ1) is 21.0. The van der Waals surface area contributed by atoms with E-state index in [1.165, 1.54) is 5.57 Å². The van der Waals surface area contributed by atoms with Gasteiger partial charge in [0.05, 0.1) is 21.2 Å². The van der Waals surface area contributed by atoms with E-state index in [4.69, 9.17) is 0 Å². The summed E-state index contributed by atoms with van der Waals surface area (Å²) < 4.78 is 16.4. The molecular formula is C28H23FN4S. The zero-order valence-corrected chi connectivity index (χ0v) is 19.6. The second-order valence-electron chi connectivity index (χ2n) is 8.69.